The van der Waals surface area contributed by atoms with Crippen molar-refractivity contribution in [2.24, 2.45) is 0 Å². The minimum atomic E-state index is 0.0549. The van der Waals surface area contributed by atoms with Crippen LogP contribution in [0.25, 0.3) is 21.8 Å². The molecule has 1 aromatic heterocycles. The summed E-state index contributed by atoms with van der Waals surface area (Å²) in [5.74, 6) is 0.110. The largest absolute Gasteiger partial charge is 0.340 e. The average molecular weight is 350 g/mol. The van der Waals surface area contributed by atoms with E-state index in [0.717, 1.165) is 54.3 Å². The number of hydrogen-bond acceptors (Lipinski definition) is 3. The Hall–Kier alpha value is -2.46. The molecular weight excluding hydrogens is 324 g/mol. The molecule has 0 amide bonds. The van der Waals surface area contributed by atoms with Crippen LogP contribution in [0.4, 0.5) is 0 Å². The van der Waals surface area contributed by atoms with Gasteiger partial charge in [-0.2, -0.15) is 0 Å². The van der Waals surface area contributed by atoms with Crippen LogP contribution in [0.3, 0.4) is 0 Å². The number of nitrogens with one attached hydrogen (secondary N) is 1. The summed E-state index contributed by atoms with van der Waals surface area (Å²) in [5, 5.41) is 5.52. The minimum absolute atomic E-state index is 0.0549. The molecule has 3 aromatic rings. The molecule has 0 unspecified atom stereocenters. The number of aryl methyl sites for hydroxylation is 1. The van der Waals surface area contributed by atoms with Crippen LogP contribution < -0.4 is 5.32 Å². The Bertz CT molecular complexity index is 898. The standard InChI is InChI=1S/C22H26N2O2/c1-4-10-23-11-5-12-24-21-8-6-17(15(2)25)13-19(21)20-14-18(16(3)26)7-9-22(20)24/h6-9,13-14,23H,4-5,10-12H2,1-3H3. The summed E-state index contributed by atoms with van der Waals surface area (Å²) in [4.78, 5) is 23.6. The van der Waals surface area contributed by atoms with E-state index in [2.05, 4.69) is 16.8 Å². The molecule has 0 aliphatic rings. The van der Waals surface area contributed by atoms with Crippen molar-refractivity contribution in [1.29, 1.82) is 0 Å². The molecule has 0 atom stereocenters. The zero-order valence-electron chi connectivity index (χ0n) is 15.8. The van der Waals surface area contributed by atoms with Crippen LogP contribution in [0.2, 0.25) is 0 Å². The number of Topliss-reactive ketones (excluding diaryl/α,β-unsaturated/α-hetero) is 2. The number of carbonyl (C=O) groups excluding carboxylic acids is 2. The van der Waals surface area contributed by atoms with Gasteiger partial charge in [0, 0.05) is 39.5 Å². The van der Waals surface area contributed by atoms with Gasteiger partial charge in [0.1, 0.15) is 0 Å². The number of ketones is 2. The summed E-state index contributed by atoms with van der Waals surface area (Å²) in [6, 6.07) is 11.7. The van der Waals surface area contributed by atoms with Gasteiger partial charge in [-0.3, -0.25) is 9.59 Å². The third kappa shape index (κ3) is 3.56. The molecule has 2 aromatic carbocycles. The summed E-state index contributed by atoms with van der Waals surface area (Å²) in [5.41, 5.74) is 3.63. The van der Waals surface area contributed by atoms with Gasteiger partial charge in [0.2, 0.25) is 0 Å². The summed E-state index contributed by atoms with van der Waals surface area (Å²) < 4.78 is 2.30. The molecule has 0 saturated heterocycles. The van der Waals surface area contributed by atoms with Crippen LogP contribution in [0.1, 0.15) is 54.3 Å². The Morgan fingerprint density at radius 3 is 1.88 bits per heavy atom. The number of rotatable bonds is 8. The van der Waals surface area contributed by atoms with E-state index in [4.69, 9.17) is 0 Å². The molecule has 4 heteroatoms. The first kappa shape index (κ1) is 18.3. The van der Waals surface area contributed by atoms with E-state index < -0.39 is 0 Å². The first-order valence-corrected chi connectivity index (χ1v) is 9.31. The molecule has 0 fully saturated rings. The van der Waals surface area contributed by atoms with Gasteiger partial charge in [-0.15, -0.1) is 0 Å². The van der Waals surface area contributed by atoms with Crippen LogP contribution in [-0.2, 0) is 6.54 Å². The van der Waals surface area contributed by atoms with E-state index in [-0.39, 0.29) is 11.6 Å². The molecule has 3 rings (SSSR count). The van der Waals surface area contributed by atoms with Crippen LogP contribution >= 0.6 is 0 Å². The quantitative estimate of drug-likeness (QED) is 0.477. The van der Waals surface area contributed by atoms with Crippen molar-refractivity contribution in [3.05, 3.63) is 47.5 Å². The number of hydrogen-bond donors (Lipinski definition) is 1. The molecule has 0 aliphatic carbocycles. The SMILES string of the molecule is CCCNCCCn1c2ccc(C(C)=O)cc2c2cc(C(C)=O)ccc21. The van der Waals surface area contributed by atoms with E-state index in [0.29, 0.717) is 11.1 Å². The zero-order chi connectivity index (χ0) is 18.7. The number of fused-ring (bicyclic) bond motifs is 3. The highest BCUT2D eigenvalue weighted by Crippen LogP contribution is 2.31. The Balaban J connectivity index is 2.09. The second-order valence-electron chi connectivity index (χ2n) is 6.83. The molecule has 136 valence electrons. The lowest BCUT2D eigenvalue weighted by Crippen LogP contribution is -2.17. The Morgan fingerprint density at radius 1 is 0.885 bits per heavy atom. The van der Waals surface area contributed by atoms with E-state index in [1.807, 2.05) is 36.4 Å². The number of nitrogens with zero attached hydrogens (tertiary/aromatic N) is 1. The van der Waals surface area contributed by atoms with Gasteiger partial charge in [0.25, 0.3) is 0 Å². The van der Waals surface area contributed by atoms with Crippen LogP contribution in [-0.4, -0.2) is 29.2 Å². The number of benzene rings is 2. The van der Waals surface area contributed by atoms with E-state index in [1.165, 1.54) is 0 Å². The van der Waals surface area contributed by atoms with Crippen LogP contribution in [0, 0.1) is 0 Å². The summed E-state index contributed by atoms with van der Waals surface area (Å²) in [7, 11) is 0. The first-order chi connectivity index (χ1) is 12.5. The average Bonchev–Trinajstić information content (AvgIpc) is 2.94. The smallest absolute Gasteiger partial charge is 0.159 e. The van der Waals surface area contributed by atoms with Crippen LogP contribution in [0.5, 0.6) is 0 Å². The first-order valence-electron chi connectivity index (χ1n) is 9.31. The molecule has 1 N–H and O–H groups in total. The van der Waals surface area contributed by atoms with Crippen molar-refractivity contribution in [2.75, 3.05) is 13.1 Å². The summed E-state index contributed by atoms with van der Waals surface area (Å²) >= 11 is 0. The Kier molecular flexibility index (Phi) is 5.52. The fraction of sp³-hybridized carbons (Fsp3) is 0.364. The zero-order valence-corrected chi connectivity index (χ0v) is 15.8. The monoisotopic (exact) mass is 350 g/mol. The molecule has 0 saturated carbocycles. The second-order valence-corrected chi connectivity index (χ2v) is 6.83. The molecule has 26 heavy (non-hydrogen) atoms. The van der Waals surface area contributed by atoms with Crippen molar-refractivity contribution in [3.63, 3.8) is 0 Å². The molecule has 0 radical (unpaired) electrons. The maximum absolute atomic E-state index is 11.8. The third-order valence-corrected chi connectivity index (χ3v) is 4.84. The van der Waals surface area contributed by atoms with Gasteiger partial charge in [0.05, 0.1) is 0 Å². The third-order valence-electron chi connectivity index (χ3n) is 4.84. The lowest BCUT2D eigenvalue weighted by molar-refractivity contribution is 0.100. The molecule has 1 heterocycles. The molecule has 0 bridgehead atoms. The van der Waals surface area contributed by atoms with Crippen molar-refractivity contribution >= 4 is 33.4 Å². The Labute approximate surface area is 154 Å². The van der Waals surface area contributed by atoms with Crippen molar-refractivity contribution in [2.45, 2.75) is 40.2 Å². The maximum Gasteiger partial charge on any atom is 0.159 e. The van der Waals surface area contributed by atoms with Gasteiger partial charge in [-0.05, 0) is 76.2 Å². The topological polar surface area (TPSA) is 51.1 Å². The van der Waals surface area contributed by atoms with Gasteiger partial charge in [-0.1, -0.05) is 6.92 Å². The molecule has 4 nitrogen and oxygen atoms in total. The maximum atomic E-state index is 11.8. The van der Waals surface area contributed by atoms with Crippen molar-refractivity contribution in [3.8, 4) is 0 Å². The second kappa shape index (κ2) is 7.83. The van der Waals surface area contributed by atoms with E-state index in [1.54, 1.807) is 13.8 Å². The van der Waals surface area contributed by atoms with Gasteiger partial charge >= 0.3 is 0 Å². The van der Waals surface area contributed by atoms with Gasteiger partial charge in [-0.25, -0.2) is 0 Å². The number of aromatic nitrogens is 1. The molecular formula is C22H26N2O2. The highest BCUT2D eigenvalue weighted by atomic mass is 16.1. The lowest BCUT2D eigenvalue weighted by Gasteiger charge is -2.08. The summed E-state index contributed by atoms with van der Waals surface area (Å²) in [6.45, 7) is 8.25. The fourth-order valence-corrected chi connectivity index (χ4v) is 3.45. The highest BCUT2D eigenvalue weighted by Gasteiger charge is 2.13. The van der Waals surface area contributed by atoms with E-state index in [9.17, 15) is 9.59 Å². The van der Waals surface area contributed by atoms with Crippen LogP contribution in [0.15, 0.2) is 36.4 Å². The fourth-order valence-electron chi connectivity index (χ4n) is 3.45. The molecule has 0 aliphatic heterocycles. The summed E-state index contributed by atoms with van der Waals surface area (Å²) in [6.07, 6.45) is 2.17. The normalized spacial score (nSPS) is 11.3. The van der Waals surface area contributed by atoms with Crippen molar-refractivity contribution in [1.82, 2.24) is 9.88 Å². The van der Waals surface area contributed by atoms with Crippen molar-refractivity contribution < 1.29 is 9.59 Å². The predicted molar refractivity (Wildman–Crippen MR) is 107 cm³/mol. The Morgan fingerprint density at radius 2 is 1.42 bits per heavy atom. The number of carbonyl (C=O) groups is 2. The van der Waals surface area contributed by atoms with Gasteiger partial charge in [0.15, 0.2) is 11.6 Å². The predicted octanol–water partition coefficient (Wildman–Crippen LogP) is 4.59. The highest BCUT2D eigenvalue weighted by molar-refractivity contribution is 6.12. The minimum Gasteiger partial charge on any atom is -0.340 e. The molecule has 0 spiro atoms. The van der Waals surface area contributed by atoms with E-state index >= 15 is 0 Å². The lowest BCUT2D eigenvalue weighted by atomic mass is 10.0. The van der Waals surface area contributed by atoms with Gasteiger partial charge < -0.3 is 9.88 Å².